The Balaban J connectivity index is 1.29. The van der Waals surface area contributed by atoms with Gasteiger partial charge in [0.05, 0.1) is 22.5 Å². The van der Waals surface area contributed by atoms with Crippen LogP contribution in [0.15, 0.2) is 73.3 Å². The van der Waals surface area contributed by atoms with Crippen LogP contribution in [0.3, 0.4) is 0 Å². The summed E-state index contributed by atoms with van der Waals surface area (Å²) in [6, 6.07) is 15.5. The van der Waals surface area contributed by atoms with Crippen LogP contribution < -0.4 is 5.32 Å². The Morgan fingerprint density at radius 1 is 1.00 bits per heavy atom. The van der Waals surface area contributed by atoms with E-state index < -0.39 is 4.92 Å². The molecule has 10 nitrogen and oxygen atoms in total. The maximum absolute atomic E-state index is 13.3. The van der Waals surface area contributed by atoms with Crippen LogP contribution in [0.1, 0.15) is 56.4 Å². The summed E-state index contributed by atoms with van der Waals surface area (Å²) in [5, 5.41) is 14.2. The molecule has 2 aromatic heterocycles. The monoisotopic (exact) mass is 524 g/mol. The number of carbonyl (C=O) groups is 2. The van der Waals surface area contributed by atoms with Crippen LogP contribution >= 0.6 is 0 Å². The fourth-order valence-electron chi connectivity index (χ4n) is 4.89. The molecule has 10 heteroatoms. The number of piperidine rings is 1. The molecular weight excluding hydrogens is 496 g/mol. The molecule has 2 aromatic carbocycles. The van der Waals surface area contributed by atoms with Crippen molar-refractivity contribution in [3.05, 3.63) is 112 Å². The van der Waals surface area contributed by atoms with E-state index in [1.165, 1.54) is 12.1 Å². The normalized spacial score (nSPS) is 13.7. The lowest BCUT2D eigenvalue weighted by Gasteiger charge is -2.32. The molecule has 0 unspecified atom stereocenters. The summed E-state index contributed by atoms with van der Waals surface area (Å²) in [6.07, 6.45) is 6.53. The number of likely N-dealkylation sites (tertiary alicyclic amines) is 1. The van der Waals surface area contributed by atoms with Crippen molar-refractivity contribution < 1.29 is 14.5 Å². The maximum Gasteiger partial charge on any atom is 0.270 e. The SMILES string of the molecule is Cc1ccc(C(=O)Nc2ccc(-n3ccnc3)cc2)c(C2CCN(C(=O)c3cc([N+](=O)[O-])ccc3C)CC2)n1. The number of nitrogens with zero attached hydrogens (tertiary/aromatic N) is 5. The van der Waals surface area contributed by atoms with Crippen LogP contribution in [0.5, 0.6) is 0 Å². The van der Waals surface area contributed by atoms with Crippen LogP contribution in [0.4, 0.5) is 11.4 Å². The third kappa shape index (κ3) is 5.54. The van der Waals surface area contributed by atoms with Crippen molar-refractivity contribution in [2.45, 2.75) is 32.6 Å². The number of hydrogen-bond acceptors (Lipinski definition) is 6. The second kappa shape index (κ2) is 10.9. The zero-order valence-corrected chi connectivity index (χ0v) is 21.7. The lowest BCUT2D eigenvalue weighted by Crippen LogP contribution is -2.38. The summed E-state index contributed by atoms with van der Waals surface area (Å²) < 4.78 is 1.88. The van der Waals surface area contributed by atoms with Gasteiger partial charge in [-0.1, -0.05) is 6.07 Å². The lowest BCUT2D eigenvalue weighted by atomic mass is 9.89. The molecule has 0 aliphatic carbocycles. The molecule has 0 saturated carbocycles. The number of benzene rings is 2. The standard InChI is InChI=1S/C29H28N6O4/c1-19-3-7-24(35(38)39)17-26(19)29(37)33-14-11-21(12-15-33)27-25(10-4-20(2)31-27)28(36)32-22-5-8-23(9-6-22)34-16-13-30-18-34/h3-10,13,16-18,21H,11-12,14-15H2,1-2H3,(H,32,36). The second-order valence-corrected chi connectivity index (χ2v) is 9.68. The van der Waals surface area contributed by atoms with Gasteiger partial charge in [-0.25, -0.2) is 4.98 Å². The first-order valence-electron chi connectivity index (χ1n) is 12.7. The number of anilines is 1. The number of imidazole rings is 1. The molecule has 0 spiro atoms. The Hall–Kier alpha value is -4.86. The third-order valence-corrected chi connectivity index (χ3v) is 7.07. The van der Waals surface area contributed by atoms with Gasteiger partial charge < -0.3 is 14.8 Å². The smallest absolute Gasteiger partial charge is 0.270 e. The highest BCUT2D eigenvalue weighted by Gasteiger charge is 2.29. The summed E-state index contributed by atoms with van der Waals surface area (Å²) in [7, 11) is 0. The Labute approximate surface area is 225 Å². The van der Waals surface area contributed by atoms with Crippen molar-refractivity contribution in [1.82, 2.24) is 19.4 Å². The lowest BCUT2D eigenvalue weighted by molar-refractivity contribution is -0.384. The van der Waals surface area contributed by atoms with Crippen LogP contribution in [0.2, 0.25) is 0 Å². The number of nitro groups is 1. The Bertz CT molecular complexity index is 1520. The van der Waals surface area contributed by atoms with Crippen molar-refractivity contribution >= 4 is 23.2 Å². The Kier molecular flexibility index (Phi) is 7.18. The predicted octanol–water partition coefficient (Wildman–Crippen LogP) is 5.06. The van der Waals surface area contributed by atoms with Gasteiger partial charge in [-0.2, -0.15) is 0 Å². The molecule has 0 radical (unpaired) electrons. The van der Waals surface area contributed by atoms with Gasteiger partial charge in [-0.3, -0.25) is 24.7 Å². The highest BCUT2D eigenvalue weighted by molar-refractivity contribution is 6.05. The molecule has 198 valence electrons. The molecule has 1 aliphatic heterocycles. The molecule has 0 bridgehead atoms. The fraction of sp³-hybridized carbons (Fsp3) is 0.241. The van der Waals surface area contributed by atoms with Gasteiger partial charge in [-0.15, -0.1) is 0 Å². The molecule has 1 aliphatic rings. The van der Waals surface area contributed by atoms with Crippen molar-refractivity contribution in [2.24, 2.45) is 0 Å². The van der Waals surface area contributed by atoms with Crippen LogP contribution in [0.25, 0.3) is 5.69 Å². The number of nitrogens with one attached hydrogen (secondary N) is 1. The topological polar surface area (TPSA) is 123 Å². The van der Waals surface area contributed by atoms with Crippen molar-refractivity contribution in [1.29, 1.82) is 0 Å². The van der Waals surface area contributed by atoms with Gasteiger partial charge in [0.25, 0.3) is 17.5 Å². The van der Waals surface area contributed by atoms with E-state index in [1.54, 1.807) is 36.5 Å². The fourth-order valence-corrected chi connectivity index (χ4v) is 4.89. The molecule has 3 heterocycles. The van der Waals surface area contributed by atoms with E-state index in [0.717, 1.165) is 17.1 Å². The number of hydrogen-bond donors (Lipinski definition) is 1. The van der Waals surface area contributed by atoms with Gasteiger partial charge in [0.15, 0.2) is 0 Å². The van der Waals surface area contributed by atoms with E-state index in [4.69, 9.17) is 4.98 Å². The van der Waals surface area contributed by atoms with Crippen LogP contribution in [0, 0.1) is 24.0 Å². The minimum Gasteiger partial charge on any atom is -0.339 e. The summed E-state index contributed by atoms with van der Waals surface area (Å²) in [6.45, 7) is 4.61. The molecule has 0 atom stereocenters. The number of amides is 2. The van der Waals surface area contributed by atoms with E-state index in [9.17, 15) is 19.7 Å². The van der Waals surface area contributed by atoms with E-state index >= 15 is 0 Å². The molecule has 2 amide bonds. The predicted molar refractivity (Wildman–Crippen MR) is 146 cm³/mol. The highest BCUT2D eigenvalue weighted by atomic mass is 16.6. The molecule has 5 rings (SSSR count). The zero-order valence-electron chi connectivity index (χ0n) is 21.7. The number of rotatable bonds is 6. The Morgan fingerprint density at radius 3 is 2.41 bits per heavy atom. The number of pyridine rings is 1. The summed E-state index contributed by atoms with van der Waals surface area (Å²) in [5.74, 6) is -0.452. The molecule has 4 aromatic rings. The van der Waals surface area contributed by atoms with Gasteiger partial charge in [0.1, 0.15) is 0 Å². The molecular formula is C29H28N6O4. The van der Waals surface area contributed by atoms with E-state index in [1.807, 2.05) is 48.0 Å². The van der Waals surface area contributed by atoms with Crippen LogP contribution in [-0.4, -0.2) is 49.3 Å². The number of non-ortho nitro benzene ring substituents is 1. The van der Waals surface area contributed by atoms with Gasteiger partial charge in [0, 0.05) is 66.2 Å². The highest BCUT2D eigenvalue weighted by Crippen LogP contribution is 2.31. The zero-order chi connectivity index (χ0) is 27.5. The minimum atomic E-state index is -0.494. The molecule has 1 fully saturated rings. The summed E-state index contributed by atoms with van der Waals surface area (Å²) in [5.41, 5.74) is 4.60. The largest absolute Gasteiger partial charge is 0.339 e. The third-order valence-electron chi connectivity index (χ3n) is 7.07. The number of carbonyl (C=O) groups excluding carboxylic acids is 2. The van der Waals surface area contributed by atoms with Crippen molar-refractivity contribution in [3.63, 3.8) is 0 Å². The second-order valence-electron chi connectivity index (χ2n) is 9.68. The quantitative estimate of drug-likeness (QED) is 0.278. The average Bonchev–Trinajstić information content (AvgIpc) is 3.48. The first kappa shape index (κ1) is 25.8. The number of nitro benzene ring substituents is 1. The molecule has 39 heavy (non-hydrogen) atoms. The average molecular weight is 525 g/mol. The summed E-state index contributed by atoms with van der Waals surface area (Å²) >= 11 is 0. The van der Waals surface area contributed by atoms with Gasteiger partial charge in [-0.05, 0) is 68.7 Å². The van der Waals surface area contributed by atoms with Crippen molar-refractivity contribution in [3.8, 4) is 5.69 Å². The summed E-state index contributed by atoms with van der Waals surface area (Å²) in [4.78, 5) is 47.7. The molecule has 1 saturated heterocycles. The maximum atomic E-state index is 13.3. The number of aryl methyl sites for hydroxylation is 2. The van der Waals surface area contributed by atoms with Gasteiger partial charge >= 0.3 is 0 Å². The van der Waals surface area contributed by atoms with E-state index in [2.05, 4.69) is 10.3 Å². The van der Waals surface area contributed by atoms with E-state index in [0.29, 0.717) is 48.3 Å². The number of aromatic nitrogens is 3. The van der Waals surface area contributed by atoms with Gasteiger partial charge in [0.2, 0.25) is 0 Å². The van der Waals surface area contributed by atoms with E-state index in [-0.39, 0.29) is 23.4 Å². The van der Waals surface area contributed by atoms with Crippen molar-refractivity contribution in [2.75, 3.05) is 18.4 Å². The first-order valence-corrected chi connectivity index (χ1v) is 12.7. The first-order chi connectivity index (χ1) is 18.8. The Morgan fingerprint density at radius 2 is 1.74 bits per heavy atom. The minimum absolute atomic E-state index is 0.00419. The van der Waals surface area contributed by atoms with Crippen LogP contribution in [-0.2, 0) is 0 Å². The molecule has 1 N–H and O–H groups in total.